The van der Waals surface area contributed by atoms with Crippen molar-refractivity contribution in [2.45, 2.75) is 45.1 Å². The number of aryl methyl sites for hydroxylation is 1. The lowest BCUT2D eigenvalue weighted by atomic mass is 9.87. The Morgan fingerprint density at radius 2 is 2.26 bits per heavy atom. The van der Waals surface area contributed by atoms with Crippen molar-refractivity contribution in [2.24, 2.45) is 0 Å². The van der Waals surface area contributed by atoms with Crippen LogP contribution in [0.2, 0.25) is 0 Å². The monoisotopic (exact) mass is 263 g/mol. The molecule has 0 bridgehead atoms. The minimum Gasteiger partial charge on any atom is -0.494 e. The fourth-order valence-electron chi connectivity index (χ4n) is 2.73. The molecule has 2 N–H and O–H groups in total. The van der Waals surface area contributed by atoms with E-state index < -0.39 is 0 Å². The van der Waals surface area contributed by atoms with Crippen molar-refractivity contribution < 1.29 is 9.84 Å². The van der Waals surface area contributed by atoms with Crippen LogP contribution in [-0.2, 0) is 6.42 Å². The lowest BCUT2D eigenvalue weighted by molar-refractivity contribution is 0.253. The highest BCUT2D eigenvalue weighted by atomic mass is 16.5. The number of aliphatic hydroxyl groups is 1. The first-order chi connectivity index (χ1) is 9.35. The van der Waals surface area contributed by atoms with E-state index in [1.165, 1.54) is 30.4 Å². The van der Waals surface area contributed by atoms with Crippen LogP contribution in [0.25, 0.3) is 0 Å². The van der Waals surface area contributed by atoms with Crippen molar-refractivity contribution in [3.63, 3.8) is 0 Å². The van der Waals surface area contributed by atoms with E-state index in [0.29, 0.717) is 12.6 Å². The molecule has 0 heterocycles. The van der Waals surface area contributed by atoms with Gasteiger partial charge >= 0.3 is 0 Å². The van der Waals surface area contributed by atoms with Gasteiger partial charge in [0, 0.05) is 12.6 Å². The minimum atomic E-state index is 0.246. The zero-order valence-electron chi connectivity index (χ0n) is 11.8. The molecule has 0 aliphatic heterocycles. The van der Waals surface area contributed by atoms with Crippen LogP contribution in [0.3, 0.4) is 0 Å². The normalized spacial score (nSPS) is 18.1. The van der Waals surface area contributed by atoms with E-state index in [0.717, 1.165) is 25.1 Å². The standard InChI is InChI=1S/C16H25NO2/c1-2-17-16-7-5-6-13-8-9-14(12-15(13)16)19-11-4-3-10-18/h8-9,12,16-18H,2-7,10-11H2,1H3. The maximum atomic E-state index is 8.75. The summed E-state index contributed by atoms with van der Waals surface area (Å²) in [5.74, 6) is 0.960. The van der Waals surface area contributed by atoms with Gasteiger partial charge in [0.05, 0.1) is 6.61 Å². The van der Waals surface area contributed by atoms with Crippen LogP contribution in [0, 0.1) is 0 Å². The molecule has 1 aromatic carbocycles. The molecule has 0 saturated heterocycles. The van der Waals surface area contributed by atoms with Crippen molar-refractivity contribution in [2.75, 3.05) is 19.8 Å². The van der Waals surface area contributed by atoms with Gasteiger partial charge in [-0.15, -0.1) is 0 Å². The zero-order valence-corrected chi connectivity index (χ0v) is 11.8. The number of rotatable bonds is 7. The van der Waals surface area contributed by atoms with E-state index in [1.807, 2.05) is 0 Å². The van der Waals surface area contributed by atoms with Gasteiger partial charge in [0.25, 0.3) is 0 Å². The Balaban J connectivity index is 2.01. The smallest absolute Gasteiger partial charge is 0.119 e. The molecule has 0 aromatic heterocycles. The molecule has 0 amide bonds. The summed E-state index contributed by atoms with van der Waals surface area (Å²) in [6.45, 7) is 4.09. The third-order valence-electron chi connectivity index (χ3n) is 3.70. The first-order valence-corrected chi connectivity index (χ1v) is 7.45. The first-order valence-electron chi connectivity index (χ1n) is 7.45. The summed E-state index contributed by atoms with van der Waals surface area (Å²) in [5.41, 5.74) is 2.87. The fourth-order valence-corrected chi connectivity index (χ4v) is 2.73. The summed E-state index contributed by atoms with van der Waals surface area (Å²) in [5, 5.41) is 12.3. The van der Waals surface area contributed by atoms with Gasteiger partial charge in [0.1, 0.15) is 5.75 Å². The molecule has 0 spiro atoms. The number of ether oxygens (including phenoxy) is 1. The molecule has 106 valence electrons. The summed E-state index contributed by atoms with van der Waals surface area (Å²) < 4.78 is 5.76. The van der Waals surface area contributed by atoms with Crippen LogP contribution in [0.15, 0.2) is 18.2 Å². The summed E-state index contributed by atoms with van der Waals surface area (Å²) in [6, 6.07) is 6.96. The van der Waals surface area contributed by atoms with E-state index in [4.69, 9.17) is 9.84 Å². The van der Waals surface area contributed by atoms with E-state index in [2.05, 4.69) is 30.4 Å². The Hall–Kier alpha value is -1.06. The average Bonchev–Trinajstić information content (AvgIpc) is 2.44. The Labute approximate surface area is 116 Å². The van der Waals surface area contributed by atoms with Gasteiger partial charge in [-0.05, 0) is 61.9 Å². The number of aliphatic hydroxyl groups excluding tert-OH is 1. The molecule has 3 heteroatoms. The van der Waals surface area contributed by atoms with E-state index in [1.54, 1.807) is 0 Å². The molecule has 1 aromatic rings. The number of hydrogen-bond donors (Lipinski definition) is 2. The van der Waals surface area contributed by atoms with Gasteiger partial charge in [-0.1, -0.05) is 13.0 Å². The second-order valence-electron chi connectivity index (χ2n) is 5.14. The van der Waals surface area contributed by atoms with E-state index in [9.17, 15) is 0 Å². The first kappa shape index (κ1) is 14.4. The molecule has 0 radical (unpaired) electrons. The SMILES string of the molecule is CCNC1CCCc2ccc(OCCCCO)cc21. The number of nitrogens with one attached hydrogen (secondary N) is 1. The van der Waals surface area contributed by atoms with Gasteiger partial charge in [0.2, 0.25) is 0 Å². The van der Waals surface area contributed by atoms with Crippen molar-refractivity contribution in [3.8, 4) is 5.75 Å². The van der Waals surface area contributed by atoms with Crippen LogP contribution < -0.4 is 10.1 Å². The van der Waals surface area contributed by atoms with Crippen molar-refractivity contribution in [3.05, 3.63) is 29.3 Å². The summed E-state index contributed by atoms with van der Waals surface area (Å²) in [7, 11) is 0. The fraction of sp³-hybridized carbons (Fsp3) is 0.625. The van der Waals surface area contributed by atoms with Crippen LogP contribution >= 0.6 is 0 Å². The van der Waals surface area contributed by atoms with Gasteiger partial charge < -0.3 is 15.2 Å². The highest BCUT2D eigenvalue weighted by Crippen LogP contribution is 2.32. The molecule has 0 fully saturated rings. The molecule has 1 aliphatic rings. The largest absolute Gasteiger partial charge is 0.494 e. The zero-order chi connectivity index (χ0) is 13.5. The average molecular weight is 263 g/mol. The van der Waals surface area contributed by atoms with Crippen LogP contribution in [-0.4, -0.2) is 24.9 Å². The third kappa shape index (κ3) is 3.95. The van der Waals surface area contributed by atoms with Crippen LogP contribution in [0.1, 0.15) is 49.8 Å². The topological polar surface area (TPSA) is 41.5 Å². The van der Waals surface area contributed by atoms with Crippen molar-refractivity contribution in [1.82, 2.24) is 5.32 Å². The number of hydrogen-bond acceptors (Lipinski definition) is 3. The Bertz CT molecular complexity index is 392. The molecular weight excluding hydrogens is 238 g/mol. The van der Waals surface area contributed by atoms with Crippen LogP contribution in [0.5, 0.6) is 5.75 Å². The number of benzene rings is 1. The van der Waals surface area contributed by atoms with Gasteiger partial charge in [-0.2, -0.15) is 0 Å². The molecule has 3 nitrogen and oxygen atoms in total. The molecular formula is C16H25NO2. The lowest BCUT2D eigenvalue weighted by Gasteiger charge is -2.26. The lowest BCUT2D eigenvalue weighted by Crippen LogP contribution is -2.24. The Morgan fingerprint density at radius 1 is 1.37 bits per heavy atom. The molecule has 0 saturated carbocycles. The van der Waals surface area contributed by atoms with Crippen LogP contribution in [0.4, 0.5) is 0 Å². The third-order valence-corrected chi connectivity index (χ3v) is 3.70. The summed E-state index contributed by atoms with van der Waals surface area (Å²) in [4.78, 5) is 0. The van der Waals surface area contributed by atoms with E-state index in [-0.39, 0.29) is 6.61 Å². The second kappa shape index (κ2) is 7.51. The van der Waals surface area contributed by atoms with Crippen molar-refractivity contribution in [1.29, 1.82) is 0 Å². The van der Waals surface area contributed by atoms with Crippen molar-refractivity contribution >= 4 is 0 Å². The molecule has 19 heavy (non-hydrogen) atoms. The maximum Gasteiger partial charge on any atom is 0.119 e. The maximum absolute atomic E-state index is 8.75. The van der Waals surface area contributed by atoms with Gasteiger partial charge in [0.15, 0.2) is 0 Å². The number of unbranched alkanes of at least 4 members (excludes halogenated alkanes) is 1. The number of fused-ring (bicyclic) bond motifs is 1. The molecule has 2 rings (SSSR count). The second-order valence-corrected chi connectivity index (χ2v) is 5.14. The predicted molar refractivity (Wildman–Crippen MR) is 77.6 cm³/mol. The highest BCUT2D eigenvalue weighted by molar-refractivity contribution is 5.39. The summed E-state index contributed by atoms with van der Waals surface area (Å²) >= 11 is 0. The highest BCUT2D eigenvalue weighted by Gasteiger charge is 2.19. The van der Waals surface area contributed by atoms with Gasteiger partial charge in [-0.3, -0.25) is 0 Å². The molecule has 1 unspecified atom stereocenters. The van der Waals surface area contributed by atoms with Gasteiger partial charge in [-0.25, -0.2) is 0 Å². The Morgan fingerprint density at radius 3 is 3.05 bits per heavy atom. The predicted octanol–water partition coefficient (Wildman–Crippen LogP) is 2.82. The quantitative estimate of drug-likeness (QED) is 0.743. The molecule has 1 aliphatic carbocycles. The Kier molecular flexibility index (Phi) is 5.67. The van der Waals surface area contributed by atoms with E-state index >= 15 is 0 Å². The summed E-state index contributed by atoms with van der Waals surface area (Å²) in [6.07, 6.45) is 5.38. The molecule has 1 atom stereocenters. The minimum absolute atomic E-state index is 0.246.